The summed E-state index contributed by atoms with van der Waals surface area (Å²) < 4.78 is 25.0. The van der Waals surface area contributed by atoms with Gasteiger partial charge in [-0.1, -0.05) is 30.3 Å². The maximum atomic E-state index is 13.8. The molecule has 0 radical (unpaired) electrons. The lowest BCUT2D eigenvalue weighted by Crippen LogP contribution is -2.00. The second-order valence-corrected chi connectivity index (χ2v) is 7.07. The van der Waals surface area contributed by atoms with E-state index in [9.17, 15) is 9.65 Å². The molecule has 0 unspecified atom stereocenters. The highest BCUT2D eigenvalue weighted by Gasteiger charge is 2.11. The van der Waals surface area contributed by atoms with Crippen LogP contribution in [0, 0.1) is 24.1 Å². The third kappa shape index (κ3) is 4.41. The van der Waals surface area contributed by atoms with E-state index in [-0.39, 0.29) is 12.4 Å². The Balaban J connectivity index is 1.60. The molecule has 0 atom stereocenters. The van der Waals surface area contributed by atoms with E-state index in [1.807, 2.05) is 31.2 Å². The number of benzene rings is 3. The van der Waals surface area contributed by atoms with Crippen LogP contribution in [0.25, 0.3) is 22.7 Å². The molecule has 0 spiro atoms. The van der Waals surface area contributed by atoms with E-state index in [1.54, 1.807) is 36.4 Å². The second kappa shape index (κ2) is 8.72. The topological polar surface area (TPSA) is 70.9 Å². The molecule has 31 heavy (non-hydrogen) atoms. The number of methoxy groups -OCH3 is 1. The van der Waals surface area contributed by atoms with Crippen LogP contribution in [0.15, 0.2) is 60.7 Å². The molecule has 1 aromatic heterocycles. The van der Waals surface area contributed by atoms with Crippen molar-refractivity contribution in [1.29, 1.82) is 5.26 Å². The van der Waals surface area contributed by atoms with Gasteiger partial charge in [0.1, 0.15) is 24.3 Å². The van der Waals surface area contributed by atoms with Gasteiger partial charge in [-0.15, -0.1) is 0 Å². The molecule has 5 nitrogen and oxygen atoms in total. The Hall–Kier alpha value is -4.11. The van der Waals surface area contributed by atoms with Crippen molar-refractivity contribution >= 4 is 22.7 Å². The number of rotatable bonds is 6. The Morgan fingerprint density at radius 1 is 1.13 bits per heavy atom. The van der Waals surface area contributed by atoms with Gasteiger partial charge in [-0.05, 0) is 54.5 Å². The number of H-pyrrole nitrogens is 1. The summed E-state index contributed by atoms with van der Waals surface area (Å²) in [6.07, 6.45) is 1.73. The average Bonchev–Trinajstić information content (AvgIpc) is 3.20. The number of imidazole rings is 1. The number of aromatic amines is 1. The molecule has 154 valence electrons. The van der Waals surface area contributed by atoms with Gasteiger partial charge in [-0.2, -0.15) is 5.26 Å². The number of fused-ring (bicyclic) bond motifs is 1. The number of allylic oxidation sites excluding steroid dienone is 1. The Bertz CT molecular complexity index is 1320. The molecular weight excluding hydrogens is 393 g/mol. The monoisotopic (exact) mass is 413 g/mol. The maximum Gasteiger partial charge on any atom is 0.161 e. The third-order valence-electron chi connectivity index (χ3n) is 4.85. The van der Waals surface area contributed by atoms with Crippen molar-refractivity contribution in [3.8, 4) is 17.6 Å². The number of nitriles is 1. The summed E-state index contributed by atoms with van der Waals surface area (Å²) in [6, 6.07) is 19.9. The Morgan fingerprint density at radius 3 is 2.74 bits per heavy atom. The molecule has 0 amide bonds. The van der Waals surface area contributed by atoms with Crippen LogP contribution in [-0.2, 0) is 6.61 Å². The summed E-state index contributed by atoms with van der Waals surface area (Å²) in [6.45, 7) is 2.09. The number of aryl methyl sites for hydroxylation is 1. The van der Waals surface area contributed by atoms with E-state index in [4.69, 9.17) is 9.47 Å². The lowest BCUT2D eigenvalue weighted by Gasteiger charge is -2.12. The zero-order chi connectivity index (χ0) is 21.8. The van der Waals surface area contributed by atoms with Gasteiger partial charge < -0.3 is 14.5 Å². The molecule has 0 aliphatic heterocycles. The van der Waals surface area contributed by atoms with E-state index in [0.717, 1.165) is 22.2 Å². The summed E-state index contributed by atoms with van der Waals surface area (Å²) in [5.74, 6) is 1.16. The van der Waals surface area contributed by atoms with Gasteiger partial charge >= 0.3 is 0 Å². The van der Waals surface area contributed by atoms with Crippen molar-refractivity contribution in [2.75, 3.05) is 7.11 Å². The predicted molar refractivity (Wildman–Crippen MR) is 118 cm³/mol. The fraction of sp³-hybridized carbons (Fsp3) is 0.120. The molecule has 1 N–H and O–H groups in total. The number of hydrogen-bond donors (Lipinski definition) is 1. The van der Waals surface area contributed by atoms with Crippen molar-refractivity contribution in [2.45, 2.75) is 13.5 Å². The van der Waals surface area contributed by atoms with Gasteiger partial charge in [0.2, 0.25) is 0 Å². The first-order valence-electron chi connectivity index (χ1n) is 9.70. The highest BCUT2D eigenvalue weighted by Crippen LogP contribution is 2.30. The molecule has 0 fully saturated rings. The van der Waals surface area contributed by atoms with E-state index < -0.39 is 0 Å². The van der Waals surface area contributed by atoms with Crippen LogP contribution in [0.1, 0.15) is 22.5 Å². The molecule has 1 heterocycles. The highest BCUT2D eigenvalue weighted by atomic mass is 19.1. The van der Waals surface area contributed by atoms with E-state index in [2.05, 4.69) is 16.0 Å². The summed E-state index contributed by atoms with van der Waals surface area (Å²) in [4.78, 5) is 7.71. The van der Waals surface area contributed by atoms with Crippen LogP contribution in [0.3, 0.4) is 0 Å². The van der Waals surface area contributed by atoms with Gasteiger partial charge in [0, 0.05) is 5.56 Å². The molecule has 0 saturated heterocycles. The standard InChI is InChI=1S/C25H20FN3O2/c1-16-7-9-21-22(11-16)29-25(28-21)19(14-27)12-17-8-10-23(24(13-17)30-2)31-15-18-5-3-4-6-20(18)26/h3-13H,15H2,1-2H3,(H,28,29). The number of ether oxygens (including phenoxy) is 2. The molecule has 4 rings (SSSR count). The van der Waals surface area contributed by atoms with Crippen LogP contribution in [0.4, 0.5) is 4.39 Å². The van der Waals surface area contributed by atoms with Crippen LogP contribution in [0.5, 0.6) is 11.5 Å². The quantitative estimate of drug-likeness (QED) is 0.414. The molecule has 4 aromatic rings. The van der Waals surface area contributed by atoms with Crippen LogP contribution < -0.4 is 9.47 Å². The van der Waals surface area contributed by atoms with E-state index >= 15 is 0 Å². The molecule has 0 saturated carbocycles. The summed E-state index contributed by atoms with van der Waals surface area (Å²) in [7, 11) is 1.53. The van der Waals surface area contributed by atoms with Gasteiger partial charge in [0.15, 0.2) is 11.5 Å². The van der Waals surface area contributed by atoms with Crippen molar-refractivity contribution in [3.05, 3.63) is 89.0 Å². The van der Waals surface area contributed by atoms with Crippen molar-refractivity contribution in [3.63, 3.8) is 0 Å². The highest BCUT2D eigenvalue weighted by molar-refractivity contribution is 5.90. The van der Waals surface area contributed by atoms with Gasteiger partial charge in [-0.25, -0.2) is 9.37 Å². The van der Waals surface area contributed by atoms with E-state index in [1.165, 1.54) is 13.2 Å². The lowest BCUT2D eigenvalue weighted by molar-refractivity contribution is 0.279. The number of nitrogens with zero attached hydrogens (tertiary/aromatic N) is 2. The largest absolute Gasteiger partial charge is 0.493 e. The summed E-state index contributed by atoms with van der Waals surface area (Å²) in [5.41, 5.74) is 4.40. The summed E-state index contributed by atoms with van der Waals surface area (Å²) in [5, 5.41) is 9.67. The van der Waals surface area contributed by atoms with E-state index in [0.29, 0.717) is 28.5 Å². The molecule has 6 heteroatoms. The van der Waals surface area contributed by atoms with Crippen molar-refractivity contribution in [1.82, 2.24) is 9.97 Å². The lowest BCUT2D eigenvalue weighted by atomic mass is 10.1. The molecular formula is C25H20FN3O2. The zero-order valence-electron chi connectivity index (χ0n) is 17.1. The normalized spacial score (nSPS) is 11.4. The first kappa shape index (κ1) is 20.2. The minimum atomic E-state index is -0.319. The minimum Gasteiger partial charge on any atom is -0.493 e. The van der Waals surface area contributed by atoms with Gasteiger partial charge in [0.05, 0.1) is 23.7 Å². The first-order chi connectivity index (χ1) is 15.1. The molecule has 3 aromatic carbocycles. The summed E-state index contributed by atoms with van der Waals surface area (Å²) >= 11 is 0. The molecule has 0 aliphatic rings. The third-order valence-corrected chi connectivity index (χ3v) is 4.85. The fourth-order valence-electron chi connectivity index (χ4n) is 3.24. The van der Waals surface area contributed by atoms with Crippen molar-refractivity contribution in [2.24, 2.45) is 0 Å². The van der Waals surface area contributed by atoms with Crippen LogP contribution in [0.2, 0.25) is 0 Å². The van der Waals surface area contributed by atoms with Crippen LogP contribution >= 0.6 is 0 Å². The SMILES string of the molecule is COc1cc(C=C(C#N)c2nc3ccc(C)cc3[nH]2)ccc1OCc1ccccc1F. The molecule has 0 bridgehead atoms. The van der Waals surface area contributed by atoms with Gasteiger partial charge in [-0.3, -0.25) is 0 Å². The second-order valence-electron chi connectivity index (χ2n) is 7.07. The average molecular weight is 413 g/mol. The first-order valence-corrected chi connectivity index (χ1v) is 9.70. The molecule has 0 aliphatic carbocycles. The predicted octanol–water partition coefficient (Wildman–Crippen LogP) is 5.66. The Kier molecular flexibility index (Phi) is 5.67. The number of aromatic nitrogens is 2. The minimum absolute atomic E-state index is 0.0834. The zero-order valence-corrected chi connectivity index (χ0v) is 17.1. The van der Waals surface area contributed by atoms with Crippen molar-refractivity contribution < 1.29 is 13.9 Å². The number of halogens is 1. The maximum absolute atomic E-state index is 13.8. The van der Waals surface area contributed by atoms with Crippen LogP contribution in [-0.4, -0.2) is 17.1 Å². The van der Waals surface area contributed by atoms with Gasteiger partial charge in [0.25, 0.3) is 0 Å². The Morgan fingerprint density at radius 2 is 1.97 bits per heavy atom. The number of nitrogens with one attached hydrogen (secondary N) is 1. The Labute approximate surface area is 179 Å². The smallest absolute Gasteiger partial charge is 0.161 e. The fourth-order valence-corrected chi connectivity index (χ4v) is 3.24. The number of hydrogen-bond acceptors (Lipinski definition) is 4.